The average Bonchev–Trinajstić information content (AvgIpc) is 2.40. The number of aromatic nitrogens is 5. The summed E-state index contributed by atoms with van der Waals surface area (Å²) in [4.78, 5) is 15.6. The minimum absolute atomic E-state index is 0.366. The van der Waals surface area contributed by atoms with Crippen LogP contribution in [0.4, 0.5) is 0 Å². The van der Waals surface area contributed by atoms with Crippen LogP contribution in [0.1, 0.15) is 27.8 Å². The molecule has 386 valence electrons. The minimum atomic E-state index is 0.366. The van der Waals surface area contributed by atoms with Crippen molar-refractivity contribution < 1.29 is 0 Å². The van der Waals surface area contributed by atoms with Gasteiger partial charge >= 0.3 is 0 Å². The number of hydrogen-bond acceptors (Lipinski definition) is 8. The van der Waals surface area contributed by atoms with E-state index in [1.165, 1.54) is 0 Å². The van der Waals surface area contributed by atoms with Gasteiger partial charge < -0.3 is 9.13 Å². The van der Waals surface area contributed by atoms with Gasteiger partial charge in [-0.3, -0.25) is 0 Å². The molecule has 0 aliphatic heterocycles. The Morgan fingerprint density at radius 1 is 0.238 bits per heavy atom. The van der Waals surface area contributed by atoms with Crippen molar-refractivity contribution in [2.45, 2.75) is 0 Å². The van der Waals surface area contributed by atoms with Crippen LogP contribution >= 0.6 is 0 Å². The van der Waals surface area contributed by atoms with E-state index in [0.29, 0.717) is 62.2 Å². The lowest BCUT2D eigenvalue weighted by molar-refractivity contribution is 1.06. The van der Waals surface area contributed by atoms with E-state index >= 15 is 0 Å². The molecule has 0 unspecified atom stereocenters. The molecule has 0 saturated heterocycles. The molecule has 10 heteroatoms. The maximum Gasteiger partial charge on any atom is 0.164 e. The van der Waals surface area contributed by atoms with E-state index < -0.39 is 0 Å². The molecule has 3 heterocycles. The molecule has 0 fully saturated rings. The highest BCUT2D eigenvalue weighted by molar-refractivity contribution is 6.14. The molecule has 14 rings (SSSR count). The molecule has 0 amide bonds. The molecule has 11 aromatic carbocycles. The average molecular weight is 1070 g/mol. The quantitative estimate of drug-likeness (QED) is 0.138. The molecule has 0 spiro atoms. The van der Waals surface area contributed by atoms with Gasteiger partial charge in [0, 0.05) is 38.2 Å². The molecule has 0 radical (unpaired) electrons. The molecule has 14 aromatic rings. The maximum atomic E-state index is 12.1. The maximum absolute atomic E-state index is 12.1. The fraction of sp³-hybridized carbons (Fsp3) is 0. The summed E-state index contributed by atoms with van der Waals surface area (Å²) >= 11 is 0. The van der Waals surface area contributed by atoms with Gasteiger partial charge in [-0.05, 0) is 154 Å². The number of fused-ring (bicyclic) bond motifs is 6. The molecule has 0 bridgehead atoms. The Bertz CT molecular complexity index is 4720. The molecule has 0 N–H and O–H groups in total. The number of benzene rings is 11. The van der Waals surface area contributed by atoms with Crippen LogP contribution < -0.4 is 0 Å². The Hall–Kier alpha value is -12.5. The van der Waals surface area contributed by atoms with Crippen molar-refractivity contribution in [3.05, 3.63) is 270 Å². The minimum Gasteiger partial charge on any atom is -0.308 e. The summed E-state index contributed by atoms with van der Waals surface area (Å²) < 4.78 is 4.29. The SMILES string of the molecule is N#Cc1cccc(-c2ccc3c(c2)c2cc(-c4cccc(C#N)c4)ccc2n3-c2cc(-c3nc(-c4ccccc4)nc(-c4ccccc4)n3)cc(-n3c4ccc(-c5cccc(C#N)c5)cc4c4cc(-c5cccc(C#N)c5)ccc43)c2C#N)c1. The number of nitrogens with zero attached hydrogens (tertiary/aromatic N) is 10. The lowest BCUT2D eigenvalue weighted by atomic mass is 9.99. The second-order valence-corrected chi connectivity index (χ2v) is 20.4. The second kappa shape index (κ2) is 20.6. The summed E-state index contributed by atoms with van der Waals surface area (Å²) in [7, 11) is 0. The van der Waals surface area contributed by atoms with Gasteiger partial charge in [0.1, 0.15) is 11.6 Å². The molecule has 84 heavy (non-hydrogen) atoms. The monoisotopic (exact) mass is 1070 g/mol. The topological polar surface area (TPSA) is 167 Å². The molecule has 3 aromatic heterocycles. The van der Waals surface area contributed by atoms with E-state index in [4.69, 9.17) is 15.0 Å². The van der Waals surface area contributed by atoms with E-state index in [0.717, 1.165) is 99.2 Å². The Kier molecular flexibility index (Phi) is 12.2. The fourth-order valence-corrected chi connectivity index (χ4v) is 11.5. The van der Waals surface area contributed by atoms with Crippen LogP contribution in [0.2, 0.25) is 0 Å². The van der Waals surface area contributed by atoms with Gasteiger partial charge in [-0.25, -0.2) is 15.0 Å². The van der Waals surface area contributed by atoms with Crippen LogP contribution in [-0.2, 0) is 0 Å². The van der Waals surface area contributed by atoms with Crippen molar-refractivity contribution in [2.24, 2.45) is 0 Å². The Balaban J connectivity index is 1.10. The third kappa shape index (κ3) is 8.70. The highest BCUT2D eigenvalue weighted by Gasteiger charge is 2.26. The van der Waals surface area contributed by atoms with Gasteiger partial charge in [0.05, 0.1) is 80.0 Å². The van der Waals surface area contributed by atoms with E-state index in [1.807, 2.05) is 170 Å². The lowest BCUT2D eigenvalue weighted by Gasteiger charge is -2.18. The number of hydrogen-bond donors (Lipinski definition) is 0. The molecule has 0 saturated carbocycles. The van der Waals surface area contributed by atoms with Crippen LogP contribution in [0.3, 0.4) is 0 Å². The van der Waals surface area contributed by atoms with E-state index in [9.17, 15) is 26.3 Å². The number of nitriles is 5. The van der Waals surface area contributed by atoms with Crippen LogP contribution in [0, 0.1) is 56.7 Å². The first-order valence-electron chi connectivity index (χ1n) is 27.0. The zero-order chi connectivity index (χ0) is 56.8. The van der Waals surface area contributed by atoms with Gasteiger partial charge in [0.2, 0.25) is 0 Å². The van der Waals surface area contributed by atoms with Crippen molar-refractivity contribution in [2.75, 3.05) is 0 Å². The summed E-state index contributed by atoms with van der Waals surface area (Å²) in [5.74, 6) is 1.33. The Labute approximate surface area is 482 Å². The molecule has 10 nitrogen and oxygen atoms in total. The zero-order valence-corrected chi connectivity index (χ0v) is 44.6. The normalized spacial score (nSPS) is 11.0. The summed E-state index contributed by atoms with van der Waals surface area (Å²) in [6.07, 6.45) is 0. The van der Waals surface area contributed by atoms with E-state index in [-0.39, 0.29) is 0 Å². The third-order valence-electron chi connectivity index (χ3n) is 15.5. The summed E-state index contributed by atoms with van der Waals surface area (Å²) in [6, 6.07) is 90.8. The van der Waals surface area contributed by atoms with Gasteiger partial charge in [0.25, 0.3) is 0 Å². The highest BCUT2D eigenvalue weighted by Crippen LogP contribution is 2.44. The molecule has 0 atom stereocenters. The smallest absolute Gasteiger partial charge is 0.164 e. The molecular weight excluding hydrogens is 1030 g/mol. The van der Waals surface area contributed by atoms with Crippen molar-refractivity contribution in [3.8, 4) is 120 Å². The van der Waals surface area contributed by atoms with Gasteiger partial charge in [-0.2, -0.15) is 26.3 Å². The fourth-order valence-electron chi connectivity index (χ4n) is 11.5. The van der Waals surface area contributed by atoms with Gasteiger partial charge in [-0.1, -0.05) is 133 Å². The van der Waals surface area contributed by atoms with Crippen LogP contribution in [0.15, 0.2) is 243 Å². The van der Waals surface area contributed by atoms with Gasteiger partial charge in [-0.15, -0.1) is 0 Å². The van der Waals surface area contributed by atoms with Crippen molar-refractivity contribution in [1.29, 1.82) is 26.3 Å². The van der Waals surface area contributed by atoms with Crippen LogP contribution in [0.25, 0.3) is 134 Å². The predicted octanol–water partition coefficient (Wildman–Crippen LogP) is 17.1. The largest absolute Gasteiger partial charge is 0.308 e. The van der Waals surface area contributed by atoms with Gasteiger partial charge in [0.15, 0.2) is 17.5 Å². The van der Waals surface area contributed by atoms with Crippen molar-refractivity contribution in [3.63, 3.8) is 0 Å². The molecule has 0 aliphatic rings. The highest BCUT2D eigenvalue weighted by atomic mass is 15.1. The van der Waals surface area contributed by atoms with Crippen LogP contribution in [0.5, 0.6) is 0 Å². The first-order valence-corrected chi connectivity index (χ1v) is 27.0. The van der Waals surface area contributed by atoms with Crippen molar-refractivity contribution in [1.82, 2.24) is 24.1 Å². The Morgan fingerprint density at radius 2 is 0.512 bits per heavy atom. The Morgan fingerprint density at radius 3 is 0.798 bits per heavy atom. The summed E-state index contributed by atoms with van der Waals surface area (Å²) in [5, 5.41) is 55.5. The van der Waals surface area contributed by atoms with Crippen molar-refractivity contribution >= 4 is 43.6 Å². The second-order valence-electron chi connectivity index (χ2n) is 20.4. The third-order valence-corrected chi connectivity index (χ3v) is 15.5. The molecular formula is C74H40N10. The summed E-state index contributed by atoms with van der Waals surface area (Å²) in [5.41, 5.74) is 16.3. The molecule has 0 aliphatic carbocycles. The standard InChI is InChI=1S/C74H40N10/c75-41-46-11-7-19-52(31-46)56-23-27-66-61(35-56)62-36-57(53-20-8-12-47(32-53)42-76)24-28-67(62)83(66)70-39-60(74-81-72(50-15-3-1-4-16-50)80-73(82-74)51-17-5-2-6-18-51)40-71(65(70)45-79)84-68-29-25-58(54-21-9-13-48(33-54)43-77)37-63(68)64-38-59(26-30-69(64)84)55-22-10-14-49(34-55)44-78/h1-40H. The van der Waals surface area contributed by atoms with E-state index in [1.54, 1.807) is 24.3 Å². The first-order chi connectivity index (χ1) is 41.4. The van der Waals surface area contributed by atoms with Crippen LogP contribution in [-0.4, -0.2) is 24.1 Å². The summed E-state index contributed by atoms with van der Waals surface area (Å²) in [6.45, 7) is 0. The number of rotatable bonds is 9. The first kappa shape index (κ1) is 49.8. The zero-order valence-electron chi connectivity index (χ0n) is 44.6. The van der Waals surface area contributed by atoms with E-state index in [2.05, 4.69) is 88.0 Å². The lowest BCUT2D eigenvalue weighted by Crippen LogP contribution is -2.07. The predicted molar refractivity (Wildman–Crippen MR) is 330 cm³/mol.